The van der Waals surface area contributed by atoms with Gasteiger partial charge in [-0.3, -0.25) is 0 Å². The zero-order chi connectivity index (χ0) is 16.7. The quantitative estimate of drug-likeness (QED) is 0.604. The molecule has 0 radical (unpaired) electrons. The van der Waals surface area contributed by atoms with E-state index in [-0.39, 0.29) is 11.2 Å². The molecular weight excluding hydrogens is 331 g/mol. The van der Waals surface area contributed by atoms with E-state index in [2.05, 4.69) is 10.4 Å². The van der Waals surface area contributed by atoms with Gasteiger partial charge in [-0.1, -0.05) is 36.4 Å². The van der Waals surface area contributed by atoms with Crippen molar-refractivity contribution in [3.8, 4) is 11.5 Å². The van der Waals surface area contributed by atoms with Gasteiger partial charge in [0.05, 0.1) is 0 Å². The predicted molar refractivity (Wildman–Crippen MR) is 95.8 cm³/mol. The molecule has 0 aliphatic rings. The monoisotopic (exact) mass is 350 g/mol. The molecule has 2 aromatic rings. The molecule has 0 saturated heterocycles. The Labute approximate surface area is 141 Å². The molecule has 0 aliphatic carbocycles. The van der Waals surface area contributed by atoms with Crippen LogP contribution in [0, 0.1) is 0 Å². The van der Waals surface area contributed by atoms with Crippen molar-refractivity contribution in [1.82, 2.24) is 10.4 Å². The van der Waals surface area contributed by atoms with Crippen LogP contribution in [-0.2, 0) is 4.57 Å². The van der Waals surface area contributed by atoms with E-state index in [0.717, 1.165) is 0 Å². The van der Waals surface area contributed by atoms with Crippen LogP contribution in [0.3, 0.4) is 0 Å². The summed E-state index contributed by atoms with van der Waals surface area (Å²) in [4.78, 5) is 0. The lowest BCUT2D eigenvalue weighted by Crippen LogP contribution is -2.39. The molecule has 0 aliphatic heterocycles. The molecule has 122 valence electrons. The van der Waals surface area contributed by atoms with E-state index in [0.29, 0.717) is 11.5 Å². The first-order valence-corrected chi connectivity index (χ1v) is 9.10. The van der Waals surface area contributed by atoms with Crippen LogP contribution in [0.2, 0.25) is 0 Å². The number of hydrogen-bond donors (Lipinski definition) is 2. The molecule has 2 N–H and O–H groups in total. The predicted octanol–water partition coefficient (Wildman–Crippen LogP) is 4.13. The first-order chi connectivity index (χ1) is 11.0. The van der Waals surface area contributed by atoms with Crippen molar-refractivity contribution < 1.29 is 13.6 Å². The van der Waals surface area contributed by atoms with Crippen LogP contribution in [0.1, 0.15) is 13.8 Å². The van der Waals surface area contributed by atoms with Crippen molar-refractivity contribution >= 4 is 25.1 Å². The number of nitrogens with one attached hydrogen (secondary N) is 2. The molecule has 0 bridgehead atoms. The fourth-order valence-corrected chi connectivity index (χ4v) is 3.53. The van der Waals surface area contributed by atoms with E-state index in [1.54, 1.807) is 48.5 Å². The summed E-state index contributed by atoms with van der Waals surface area (Å²) < 4.78 is 24.2. The van der Waals surface area contributed by atoms with E-state index in [4.69, 9.17) is 21.3 Å². The van der Waals surface area contributed by atoms with Gasteiger partial charge in [-0.25, -0.2) is 9.65 Å². The maximum Gasteiger partial charge on any atom is 0.543 e. The molecular formula is C16H19N2O3PS. The molecule has 7 heteroatoms. The lowest BCUT2D eigenvalue weighted by Gasteiger charge is -2.22. The number of para-hydroxylation sites is 2. The highest BCUT2D eigenvalue weighted by Gasteiger charge is 2.30. The van der Waals surface area contributed by atoms with Gasteiger partial charge in [0, 0.05) is 6.04 Å². The topological polar surface area (TPSA) is 59.6 Å². The molecule has 0 spiro atoms. The first kappa shape index (κ1) is 17.3. The second-order valence-corrected chi connectivity index (χ2v) is 7.04. The molecule has 0 atom stereocenters. The molecule has 2 aromatic carbocycles. The molecule has 5 nitrogen and oxygen atoms in total. The van der Waals surface area contributed by atoms with Crippen molar-refractivity contribution in [2.75, 3.05) is 0 Å². The molecule has 0 unspecified atom stereocenters. The highest BCUT2D eigenvalue weighted by molar-refractivity contribution is 7.81. The van der Waals surface area contributed by atoms with E-state index >= 15 is 0 Å². The van der Waals surface area contributed by atoms with E-state index in [1.165, 1.54) is 0 Å². The van der Waals surface area contributed by atoms with Gasteiger partial charge in [-0.2, -0.15) is 0 Å². The smallest absolute Gasteiger partial charge is 0.400 e. The summed E-state index contributed by atoms with van der Waals surface area (Å²) in [6.45, 7) is 3.85. The second-order valence-electron chi connectivity index (χ2n) is 5.05. The minimum atomic E-state index is -3.73. The summed E-state index contributed by atoms with van der Waals surface area (Å²) in [6.07, 6.45) is 0. The summed E-state index contributed by atoms with van der Waals surface area (Å²) in [5.41, 5.74) is 0. The lowest BCUT2D eigenvalue weighted by atomic mass is 10.3. The zero-order valence-electron chi connectivity index (χ0n) is 12.9. The third kappa shape index (κ3) is 5.93. The van der Waals surface area contributed by atoms with Crippen LogP contribution < -0.4 is 19.5 Å². The zero-order valence-corrected chi connectivity index (χ0v) is 14.6. The molecule has 23 heavy (non-hydrogen) atoms. The maximum absolute atomic E-state index is 13.1. The van der Waals surface area contributed by atoms with E-state index < -0.39 is 7.75 Å². The van der Waals surface area contributed by atoms with Gasteiger partial charge < -0.3 is 14.4 Å². The van der Waals surface area contributed by atoms with E-state index in [1.807, 2.05) is 26.0 Å². The Bertz CT molecular complexity index is 635. The molecule has 0 amide bonds. The normalized spacial score (nSPS) is 10.9. The van der Waals surface area contributed by atoms with Gasteiger partial charge >= 0.3 is 7.75 Å². The summed E-state index contributed by atoms with van der Waals surface area (Å²) in [7, 11) is -3.73. The molecule has 0 heterocycles. The number of hydrogen-bond acceptors (Lipinski definition) is 4. The van der Waals surface area contributed by atoms with Gasteiger partial charge in [-0.05, 0) is 50.3 Å². The van der Waals surface area contributed by atoms with Crippen LogP contribution in [0.15, 0.2) is 60.7 Å². The molecule has 0 fully saturated rings. The SMILES string of the molecule is CC(C)NC(=S)NP(=O)(Oc1ccccc1)Oc1ccccc1. The molecule has 0 aromatic heterocycles. The van der Waals surface area contributed by atoms with Gasteiger partial charge in [-0.15, -0.1) is 0 Å². The van der Waals surface area contributed by atoms with Gasteiger partial charge in [0.1, 0.15) is 11.5 Å². The highest BCUT2D eigenvalue weighted by Crippen LogP contribution is 2.44. The van der Waals surface area contributed by atoms with Crippen molar-refractivity contribution in [3.63, 3.8) is 0 Å². The Hall–Kier alpha value is -2.04. The average molecular weight is 350 g/mol. The maximum atomic E-state index is 13.1. The number of thiocarbonyl (C=S) groups is 1. The second kappa shape index (κ2) is 7.99. The Morgan fingerprint density at radius 2 is 1.39 bits per heavy atom. The van der Waals surface area contributed by atoms with Crippen molar-refractivity contribution in [2.24, 2.45) is 0 Å². The van der Waals surface area contributed by atoms with Crippen LogP contribution in [0.5, 0.6) is 11.5 Å². The Morgan fingerprint density at radius 1 is 0.957 bits per heavy atom. The minimum absolute atomic E-state index is 0.0944. The standard InChI is InChI=1S/C16H19N2O3PS/c1-13(2)17-16(23)18-22(19,20-14-9-5-3-6-10-14)21-15-11-7-4-8-12-15/h3-13H,1-2H3,(H2,17,18,19,23). The number of benzene rings is 2. The summed E-state index contributed by atoms with van der Waals surface area (Å²) in [6, 6.07) is 17.7. The van der Waals surface area contributed by atoms with Gasteiger partial charge in [0.25, 0.3) is 0 Å². The third-order valence-corrected chi connectivity index (χ3v) is 4.37. The van der Waals surface area contributed by atoms with Crippen molar-refractivity contribution in [1.29, 1.82) is 0 Å². The molecule has 2 rings (SSSR count). The molecule has 0 saturated carbocycles. The van der Waals surface area contributed by atoms with Gasteiger partial charge in [0.15, 0.2) is 5.11 Å². The lowest BCUT2D eigenvalue weighted by molar-refractivity contribution is 0.380. The van der Waals surface area contributed by atoms with Crippen LogP contribution in [-0.4, -0.2) is 11.2 Å². The Morgan fingerprint density at radius 3 is 1.78 bits per heavy atom. The minimum Gasteiger partial charge on any atom is -0.400 e. The Balaban J connectivity index is 2.19. The summed E-state index contributed by atoms with van der Waals surface area (Å²) in [5, 5.41) is 5.82. The fourth-order valence-electron chi connectivity index (χ4n) is 1.72. The highest BCUT2D eigenvalue weighted by atomic mass is 32.1. The Kier molecular flexibility index (Phi) is 6.02. The number of rotatable bonds is 6. The average Bonchev–Trinajstić information content (AvgIpc) is 2.47. The van der Waals surface area contributed by atoms with Crippen LogP contribution in [0.4, 0.5) is 0 Å². The van der Waals surface area contributed by atoms with Crippen LogP contribution >= 0.6 is 20.0 Å². The van der Waals surface area contributed by atoms with Gasteiger partial charge in [0.2, 0.25) is 0 Å². The third-order valence-electron chi connectivity index (χ3n) is 2.60. The van der Waals surface area contributed by atoms with E-state index in [9.17, 15) is 4.57 Å². The van der Waals surface area contributed by atoms with Crippen molar-refractivity contribution in [3.05, 3.63) is 60.7 Å². The largest absolute Gasteiger partial charge is 0.543 e. The van der Waals surface area contributed by atoms with Crippen molar-refractivity contribution in [2.45, 2.75) is 19.9 Å². The summed E-state index contributed by atoms with van der Waals surface area (Å²) in [5.74, 6) is 0.846. The first-order valence-electron chi connectivity index (χ1n) is 7.15. The van der Waals surface area contributed by atoms with Crippen LogP contribution in [0.25, 0.3) is 0 Å². The fraction of sp³-hybridized carbons (Fsp3) is 0.188. The summed E-state index contributed by atoms with van der Waals surface area (Å²) >= 11 is 5.16.